The maximum atomic E-state index is 12.0. The number of ether oxygens (including phenoxy) is 1. The normalized spacial score (nSPS) is 14.9. The Balaban J connectivity index is 2.05. The highest BCUT2D eigenvalue weighted by molar-refractivity contribution is 5.88. The lowest BCUT2D eigenvalue weighted by Gasteiger charge is -2.30. The molecular weight excluding hydrogens is 294 g/mol. The molecule has 1 aromatic rings. The molecule has 124 valence electrons. The van der Waals surface area contributed by atoms with Crippen LogP contribution in [0.2, 0.25) is 0 Å². The Morgan fingerprint density at radius 3 is 2.52 bits per heavy atom. The zero-order valence-electron chi connectivity index (χ0n) is 14.0. The first-order valence-corrected chi connectivity index (χ1v) is 7.51. The van der Waals surface area contributed by atoms with Crippen LogP contribution in [0, 0.1) is 0 Å². The van der Waals surface area contributed by atoms with Crippen molar-refractivity contribution in [3.8, 4) is 5.75 Å². The summed E-state index contributed by atoms with van der Waals surface area (Å²) in [5.41, 5.74) is 4.42. The molecule has 0 saturated carbocycles. The monoisotopic (exact) mass is 317 g/mol. The fourth-order valence-electron chi connectivity index (χ4n) is 2.24. The van der Waals surface area contributed by atoms with Crippen LogP contribution in [0.25, 0.3) is 5.70 Å². The molecule has 2 N–H and O–H groups in total. The van der Waals surface area contributed by atoms with Gasteiger partial charge in [0.1, 0.15) is 12.3 Å². The van der Waals surface area contributed by atoms with E-state index in [4.69, 9.17) is 4.74 Å². The van der Waals surface area contributed by atoms with Gasteiger partial charge in [0, 0.05) is 12.0 Å². The molecule has 0 aromatic heterocycles. The minimum Gasteiger partial charge on any atom is -0.497 e. The van der Waals surface area contributed by atoms with Gasteiger partial charge in [0.15, 0.2) is 0 Å². The van der Waals surface area contributed by atoms with Crippen molar-refractivity contribution < 1.29 is 14.3 Å². The van der Waals surface area contributed by atoms with Gasteiger partial charge in [0.2, 0.25) is 11.8 Å². The van der Waals surface area contributed by atoms with Crippen molar-refractivity contribution in [2.45, 2.75) is 32.7 Å². The summed E-state index contributed by atoms with van der Waals surface area (Å²) in [6, 6.07) is 7.51. The van der Waals surface area contributed by atoms with Crippen LogP contribution in [-0.2, 0) is 9.59 Å². The number of hydrazine groups is 1. The van der Waals surface area contributed by atoms with Gasteiger partial charge >= 0.3 is 0 Å². The third-order valence-electron chi connectivity index (χ3n) is 3.25. The van der Waals surface area contributed by atoms with E-state index in [1.54, 1.807) is 7.11 Å². The largest absolute Gasteiger partial charge is 0.497 e. The highest BCUT2D eigenvalue weighted by atomic mass is 16.5. The average molecular weight is 317 g/mol. The highest BCUT2D eigenvalue weighted by Gasteiger charge is 2.23. The molecule has 0 spiro atoms. The molecular formula is C17H23N3O3. The lowest BCUT2D eigenvalue weighted by molar-refractivity contribution is -0.138. The molecule has 0 bridgehead atoms. The van der Waals surface area contributed by atoms with Crippen LogP contribution in [0.3, 0.4) is 0 Å². The van der Waals surface area contributed by atoms with Gasteiger partial charge in [-0.15, -0.1) is 0 Å². The number of carbonyl (C=O) groups is 2. The molecule has 1 aliphatic heterocycles. The Hall–Kier alpha value is -2.50. The first-order valence-electron chi connectivity index (χ1n) is 7.51. The van der Waals surface area contributed by atoms with Crippen molar-refractivity contribution in [2.75, 3.05) is 13.7 Å². The molecule has 2 rings (SSSR count). The molecule has 0 aliphatic carbocycles. The van der Waals surface area contributed by atoms with Gasteiger partial charge in [0.05, 0.1) is 12.8 Å². The Morgan fingerprint density at radius 2 is 1.96 bits per heavy atom. The van der Waals surface area contributed by atoms with Crippen LogP contribution in [0.5, 0.6) is 5.75 Å². The number of benzene rings is 1. The second-order valence-electron chi connectivity index (χ2n) is 6.44. The third kappa shape index (κ3) is 4.74. The summed E-state index contributed by atoms with van der Waals surface area (Å²) in [5.74, 6) is 0.434. The first-order chi connectivity index (χ1) is 10.8. The van der Waals surface area contributed by atoms with Crippen LogP contribution in [0.1, 0.15) is 32.8 Å². The Labute approximate surface area is 136 Å². The highest BCUT2D eigenvalue weighted by Crippen LogP contribution is 2.20. The van der Waals surface area contributed by atoms with Crippen molar-refractivity contribution in [1.82, 2.24) is 15.8 Å². The van der Waals surface area contributed by atoms with Crippen molar-refractivity contribution in [3.05, 3.63) is 35.9 Å². The smallest absolute Gasteiger partial charge is 0.245 e. The summed E-state index contributed by atoms with van der Waals surface area (Å²) < 4.78 is 5.14. The minimum absolute atomic E-state index is 0.0242. The van der Waals surface area contributed by atoms with Gasteiger partial charge in [-0.3, -0.25) is 15.0 Å². The molecule has 0 unspecified atom stereocenters. The van der Waals surface area contributed by atoms with Crippen molar-refractivity contribution in [2.24, 2.45) is 0 Å². The molecule has 1 heterocycles. The van der Waals surface area contributed by atoms with E-state index in [9.17, 15) is 9.59 Å². The van der Waals surface area contributed by atoms with Gasteiger partial charge in [-0.2, -0.15) is 0 Å². The Bertz CT molecular complexity index is 615. The van der Waals surface area contributed by atoms with E-state index in [0.29, 0.717) is 0 Å². The molecule has 2 amide bonds. The van der Waals surface area contributed by atoms with Crippen LogP contribution in [0.15, 0.2) is 30.3 Å². The van der Waals surface area contributed by atoms with Crippen LogP contribution < -0.4 is 15.5 Å². The lowest BCUT2D eigenvalue weighted by atomic mass is 10.1. The van der Waals surface area contributed by atoms with Gasteiger partial charge in [0.25, 0.3) is 0 Å². The van der Waals surface area contributed by atoms with E-state index in [1.807, 2.05) is 51.1 Å². The second kappa shape index (κ2) is 6.73. The van der Waals surface area contributed by atoms with Gasteiger partial charge < -0.3 is 10.1 Å². The fourth-order valence-corrected chi connectivity index (χ4v) is 2.24. The summed E-state index contributed by atoms with van der Waals surface area (Å²) in [7, 11) is 1.61. The van der Waals surface area contributed by atoms with E-state index in [1.165, 1.54) is 5.01 Å². The SMILES string of the molecule is COc1ccc(C2=CCC(=O)N(CC(=O)NC(C)(C)C)N2)cc1. The van der Waals surface area contributed by atoms with E-state index >= 15 is 0 Å². The molecule has 0 radical (unpaired) electrons. The van der Waals surface area contributed by atoms with E-state index in [0.717, 1.165) is 17.0 Å². The number of rotatable bonds is 4. The second-order valence-corrected chi connectivity index (χ2v) is 6.44. The van der Waals surface area contributed by atoms with E-state index in [-0.39, 0.29) is 30.3 Å². The van der Waals surface area contributed by atoms with Crippen LogP contribution in [0.4, 0.5) is 0 Å². The number of nitrogens with one attached hydrogen (secondary N) is 2. The fraction of sp³-hybridized carbons (Fsp3) is 0.412. The van der Waals surface area contributed by atoms with Gasteiger partial charge in [-0.05, 0) is 56.7 Å². The van der Waals surface area contributed by atoms with Gasteiger partial charge in [-0.25, -0.2) is 5.01 Å². The molecule has 1 aromatic carbocycles. The summed E-state index contributed by atoms with van der Waals surface area (Å²) in [5, 5.41) is 4.20. The van der Waals surface area contributed by atoms with E-state index in [2.05, 4.69) is 10.7 Å². The van der Waals surface area contributed by atoms with Crippen molar-refractivity contribution in [3.63, 3.8) is 0 Å². The molecule has 1 aliphatic rings. The standard InChI is InChI=1S/C17H23N3O3/c1-17(2,3)18-15(21)11-20-16(22)10-9-14(19-20)12-5-7-13(23-4)8-6-12/h5-9,19H,10-11H2,1-4H3,(H,18,21). The predicted octanol–water partition coefficient (Wildman–Crippen LogP) is 1.69. The molecule has 0 fully saturated rings. The minimum atomic E-state index is -0.329. The number of amides is 2. The first kappa shape index (κ1) is 16.9. The predicted molar refractivity (Wildman–Crippen MR) is 88.3 cm³/mol. The van der Waals surface area contributed by atoms with Crippen LogP contribution in [-0.4, -0.2) is 36.0 Å². The van der Waals surface area contributed by atoms with Crippen molar-refractivity contribution >= 4 is 17.5 Å². The van der Waals surface area contributed by atoms with E-state index < -0.39 is 0 Å². The third-order valence-corrected chi connectivity index (χ3v) is 3.25. The molecule has 6 heteroatoms. The Morgan fingerprint density at radius 1 is 1.30 bits per heavy atom. The maximum absolute atomic E-state index is 12.0. The number of nitrogens with zero attached hydrogens (tertiary/aromatic N) is 1. The summed E-state index contributed by atoms with van der Waals surface area (Å²) in [6.45, 7) is 5.68. The summed E-state index contributed by atoms with van der Waals surface area (Å²) in [4.78, 5) is 24.0. The maximum Gasteiger partial charge on any atom is 0.245 e. The molecule has 0 saturated heterocycles. The number of methoxy groups -OCH3 is 1. The quantitative estimate of drug-likeness (QED) is 0.886. The molecule has 6 nitrogen and oxygen atoms in total. The zero-order valence-corrected chi connectivity index (χ0v) is 14.0. The Kier molecular flexibility index (Phi) is 4.93. The number of hydrogen-bond acceptors (Lipinski definition) is 4. The average Bonchev–Trinajstić information content (AvgIpc) is 2.48. The van der Waals surface area contributed by atoms with Crippen molar-refractivity contribution in [1.29, 1.82) is 0 Å². The zero-order chi connectivity index (χ0) is 17.0. The molecule has 0 atom stereocenters. The topological polar surface area (TPSA) is 70.7 Å². The lowest BCUT2D eigenvalue weighted by Crippen LogP contribution is -2.52. The number of carbonyl (C=O) groups excluding carboxylic acids is 2. The summed E-state index contributed by atoms with van der Waals surface area (Å²) >= 11 is 0. The van der Waals surface area contributed by atoms with Crippen LogP contribution >= 0.6 is 0 Å². The number of hydrogen-bond donors (Lipinski definition) is 2. The summed E-state index contributed by atoms with van der Waals surface area (Å²) in [6.07, 6.45) is 2.08. The molecule has 23 heavy (non-hydrogen) atoms. The van der Waals surface area contributed by atoms with Gasteiger partial charge in [-0.1, -0.05) is 0 Å².